The lowest BCUT2D eigenvalue weighted by Crippen LogP contribution is -2.59. The van der Waals surface area contributed by atoms with Crippen LogP contribution in [0.2, 0.25) is 0 Å². The third kappa shape index (κ3) is 34.2. The molecule has 1 heterocycles. The molecule has 1 rings (SSSR count). The largest absolute Gasteiger partial charge is 0.462 e. The molecule has 0 saturated carbocycles. The summed E-state index contributed by atoms with van der Waals surface area (Å²) in [6.45, 7) is 3.27. The molecule has 0 aromatic carbocycles. The van der Waals surface area contributed by atoms with Crippen LogP contribution >= 0.6 is 0 Å². The van der Waals surface area contributed by atoms with E-state index < -0.39 is 49.4 Å². The van der Waals surface area contributed by atoms with Gasteiger partial charge < -0.3 is 39.4 Å². The monoisotopic (exact) mass is 887 g/mol. The third-order valence-corrected chi connectivity index (χ3v) is 11.1. The Bertz CT molecular complexity index is 1250. The Morgan fingerprint density at radius 1 is 0.508 bits per heavy atom. The molecule has 0 aromatic rings. The van der Waals surface area contributed by atoms with Crippen molar-refractivity contribution in [3.05, 3.63) is 72.9 Å². The highest BCUT2D eigenvalue weighted by atomic mass is 16.7. The van der Waals surface area contributed by atoms with Crippen molar-refractivity contribution in [1.82, 2.24) is 0 Å². The molecule has 362 valence electrons. The van der Waals surface area contributed by atoms with Crippen LogP contribution in [0.3, 0.4) is 0 Å². The van der Waals surface area contributed by atoms with E-state index in [-0.39, 0.29) is 32.0 Å². The summed E-state index contributed by atoms with van der Waals surface area (Å²) < 4.78 is 22.2. The summed E-state index contributed by atoms with van der Waals surface area (Å²) in [6.07, 6.45) is 47.5. The summed E-state index contributed by atoms with van der Waals surface area (Å²) in [5.74, 6) is -0.830. The van der Waals surface area contributed by atoms with E-state index in [4.69, 9.17) is 18.9 Å². The van der Waals surface area contributed by atoms with E-state index in [9.17, 15) is 30.0 Å². The Kier molecular flexibility index (Phi) is 39.7. The highest BCUT2D eigenvalue weighted by molar-refractivity contribution is 5.70. The summed E-state index contributed by atoms with van der Waals surface area (Å²) >= 11 is 0. The van der Waals surface area contributed by atoms with Gasteiger partial charge >= 0.3 is 11.9 Å². The number of carbonyl (C=O) groups is 2. The first-order chi connectivity index (χ1) is 30.8. The SMILES string of the molecule is CC/C=C\C/C=C\C/C=C\C/C=C\CCCCCCCCC(=O)OC(COC(=O)CCCCCCCCCCC/C=C\C/C=C\CCCCC)COC1OC(CO)C(O)C(O)C1O. The molecule has 0 aliphatic carbocycles. The molecule has 0 spiro atoms. The van der Waals surface area contributed by atoms with E-state index in [0.29, 0.717) is 6.42 Å². The second-order valence-corrected chi connectivity index (χ2v) is 16.9. The molecular weight excluding hydrogens is 797 g/mol. The van der Waals surface area contributed by atoms with Crippen LogP contribution in [-0.2, 0) is 28.5 Å². The van der Waals surface area contributed by atoms with Gasteiger partial charge in [-0.3, -0.25) is 9.59 Å². The second kappa shape index (κ2) is 43.1. The van der Waals surface area contributed by atoms with E-state index in [1.54, 1.807) is 0 Å². The molecule has 1 saturated heterocycles. The van der Waals surface area contributed by atoms with Gasteiger partial charge in [0.05, 0.1) is 13.2 Å². The minimum atomic E-state index is -1.60. The minimum absolute atomic E-state index is 0.209. The molecule has 10 nitrogen and oxygen atoms in total. The smallest absolute Gasteiger partial charge is 0.306 e. The van der Waals surface area contributed by atoms with Gasteiger partial charge in [0.15, 0.2) is 12.4 Å². The number of aliphatic hydroxyl groups is 4. The first kappa shape index (κ1) is 58.2. The Hall–Kier alpha value is -2.86. The van der Waals surface area contributed by atoms with Crippen molar-refractivity contribution < 1.29 is 49.0 Å². The van der Waals surface area contributed by atoms with Gasteiger partial charge in [0, 0.05) is 12.8 Å². The van der Waals surface area contributed by atoms with E-state index in [2.05, 4.69) is 86.8 Å². The van der Waals surface area contributed by atoms with Gasteiger partial charge in [-0.25, -0.2) is 0 Å². The predicted octanol–water partition coefficient (Wildman–Crippen LogP) is 11.6. The third-order valence-electron chi connectivity index (χ3n) is 11.1. The topological polar surface area (TPSA) is 152 Å². The van der Waals surface area contributed by atoms with Crippen molar-refractivity contribution in [2.45, 2.75) is 230 Å². The van der Waals surface area contributed by atoms with E-state index in [1.807, 2.05) is 0 Å². The van der Waals surface area contributed by atoms with Crippen molar-refractivity contribution in [3.63, 3.8) is 0 Å². The molecule has 0 radical (unpaired) electrons. The van der Waals surface area contributed by atoms with Crippen LogP contribution in [0.15, 0.2) is 72.9 Å². The normalized spacial score (nSPS) is 20.1. The van der Waals surface area contributed by atoms with Crippen molar-refractivity contribution in [1.29, 1.82) is 0 Å². The number of rotatable bonds is 41. The fraction of sp³-hybridized carbons (Fsp3) is 0.736. The van der Waals surface area contributed by atoms with Gasteiger partial charge in [-0.1, -0.05) is 170 Å². The molecule has 10 heteroatoms. The Morgan fingerprint density at radius 2 is 0.937 bits per heavy atom. The van der Waals surface area contributed by atoms with Gasteiger partial charge in [0.1, 0.15) is 31.0 Å². The van der Waals surface area contributed by atoms with Crippen LogP contribution in [0.1, 0.15) is 194 Å². The van der Waals surface area contributed by atoms with Crippen LogP contribution in [0, 0.1) is 0 Å². The Balaban J connectivity index is 2.29. The molecule has 6 unspecified atom stereocenters. The number of allylic oxidation sites excluding steroid dienone is 12. The van der Waals surface area contributed by atoms with Gasteiger partial charge in [-0.2, -0.15) is 0 Å². The van der Waals surface area contributed by atoms with Crippen LogP contribution in [0.5, 0.6) is 0 Å². The van der Waals surface area contributed by atoms with E-state index in [0.717, 1.165) is 103 Å². The van der Waals surface area contributed by atoms with Crippen LogP contribution in [0.25, 0.3) is 0 Å². The quantitative estimate of drug-likeness (QED) is 0.0265. The first-order valence-corrected chi connectivity index (χ1v) is 25.0. The Labute approximate surface area is 383 Å². The number of unbranched alkanes of at least 4 members (excludes halogenated alkanes) is 18. The first-order valence-electron chi connectivity index (χ1n) is 25.0. The van der Waals surface area contributed by atoms with E-state index in [1.165, 1.54) is 57.8 Å². The fourth-order valence-corrected chi connectivity index (χ4v) is 7.15. The lowest BCUT2D eigenvalue weighted by Gasteiger charge is -2.39. The maximum absolute atomic E-state index is 12.8. The number of aliphatic hydroxyl groups excluding tert-OH is 4. The predicted molar refractivity (Wildman–Crippen MR) is 256 cm³/mol. The van der Waals surface area contributed by atoms with Gasteiger partial charge in [0.2, 0.25) is 0 Å². The molecule has 0 bridgehead atoms. The highest BCUT2D eigenvalue weighted by Crippen LogP contribution is 2.23. The minimum Gasteiger partial charge on any atom is -0.462 e. The lowest BCUT2D eigenvalue weighted by atomic mass is 9.99. The molecule has 0 aromatic heterocycles. The highest BCUT2D eigenvalue weighted by Gasteiger charge is 2.44. The summed E-state index contributed by atoms with van der Waals surface area (Å²) in [5, 5.41) is 40.2. The molecule has 1 aliphatic heterocycles. The maximum Gasteiger partial charge on any atom is 0.306 e. The number of hydrogen-bond donors (Lipinski definition) is 4. The van der Waals surface area contributed by atoms with Gasteiger partial charge in [-0.15, -0.1) is 0 Å². The summed E-state index contributed by atoms with van der Waals surface area (Å²) in [6, 6.07) is 0. The zero-order chi connectivity index (χ0) is 45.9. The molecule has 1 fully saturated rings. The summed E-state index contributed by atoms with van der Waals surface area (Å²) in [7, 11) is 0. The molecule has 1 aliphatic rings. The zero-order valence-corrected chi connectivity index (χ0v) is 39.6. The van der Waals surface area contributed by atoms with E-state index >= 15 is 0 Å². The maximum atomic E-state index is 12.8. The summed E-state index contributed by atoms with van der Waals surface area (Å²) in [4.78, 5) is 25.4. The molecule has 0 amide bonds. The number of esters is 2. The van der Waals surface area contributed by atoms with Crippen LogP contribution in [0.4, 0.5) is 0 Å². The number of hydrogen-bond acceptors (Lipinski definition) is 10. The fourth-order valence-electron chi connectivity index (χ4n) is 7.15. The Morgan fingerprint density at radius 3 is 1.41 bits per heavy atom. The number of ether oxygens (including phenoxy) is 4. The molecular formula is C53H90O10. The average molecular weight is 887 g/mol. The van der Waals surface area contributed by atoms with Crippen molar-refractivity contribution in [3.8, 4) is 0 Å². The van der Waals surface area contributed by atoms with Gasteiger partial charge in [-0.05, 0) is 83.5 Å². The summed E-state index contributed by atoms with van der Waals surface area (Å²) in [5.41, 5.74) is 0. The van der Waals surface area contributed by atoms with Crippen LogP contribution < -0.4 is 0 Å². The van der Waals surface area contributed by atoms with Crippen molar-refractivity contribution >= 4 is 11.9 Å². The van der Waals surface area contributed by atoms with Crippen molar-refractivity contribution in [2.75, 3.05) is 19.8 Å². The molecule has 6 atom stereocenters. The zero-order valence-electron chi connectivity index (χ0n) is 39.6. The number of carbonyl (C=O) groups excluding carboxylic acids is 2. The van der Waals surface area contributed by atoms with Crippen LogP contribution in [-0.4, -0.2) is 89.0 Å². The molecule has 4 N–H and O–H groups in total. The lowest BCUT2D eigenvalue weighted by molar-refractivity contribution is -0.305. The average Bonchev–Trinajstić information content (AvgIpc) is 3.28. The second-order valence-electron chi connectivity index (χ2n) is 16.9. The standard InChI is InChI=1S/C53H90O10/c1-3-5-7-9-11-13-15-17-19-21-23-25-27-29-31-33-35-37-39-41-48(55)60-44-46(45-61-53-52(59)51(58)50(57)47(43-54)63-53)62-49(56)42-40-38-36-34-32-30-28-26-24-22-20-18-16-14-12-10-8-6-4-2/h6,8,11-14,17-20,24,26,46-47,50-54,57-59H,3-5,7,9-10,15-16,21-23,25,27-45H2,1-2H3/b8-6-,13-11-,14-12-,19-17-,20-18-,26-24-. The van der Waals surface area contributed by atoms with Gasteiger partial charge in [0.25, 0.3) is 0 Å². The van der Waals surface area contributed by atoms with Crippen molar-refractivity contribution in [2.24, 2.45) is 0 Å². The molecule has 63 heavy (non-hydrogen) atoms.